The van der Waals surface area contributed by atoms with Crippen LogP contribution in [-0.2, 0) is 6.42 Å². The van der Waals surface area contributed by atoms with E-state index in [1.807, 2.05) is 6.20 Å². The molecule has 1 aliphatic rings. The molecule has 1 unspecified atom stereocenters. The Morgan fingerprint density at radius 1 is 1.26 bits per heavy atom. The minimum atomic E-state index is 0.108. The van der Waals surface area contributed by atoms with E-state index in [0.717, 1.165) is 41.9 Å². The maximum Gasteiger partial charge on any atom is 0.159 e. The van der Waals surface area contributed by atoms with Gasteiger partial charge in [-0.1, -0.05) is 17.7 Å². The summed E-state index contributed by atoms with van der Waals surface area (Å²) in [4.78, 5) is 9.27. The van der Waals surface area contributed by atoms with E-state index in [1.54, 1.807) is 0 Å². The standard InChI is InChI=1S/C16H19N3/c1-10-6-7-11(2)12(8-10)16-18-9-13-14(17)4-3-5-15(13)19-16/h6-9,14H,3-5,17H2,1-2H3. The van der Waals surface area contributed by atoms with Crippen molar-refractivity contribution in [1.29, 1.82) is 0 Å². The maximum atomic E-state index is 6.11. The Hall–Kier alpha value is -1.74. The lowest BCUT2D eigenvalue weighted by molar-refractivity contribution is 0.557. The second kappa shape index (κ2) is 4.74. The van der Waals surface area contributed by atoms with E-state index in [0.29, 0.717) is 0 Å². The topological polar surface area (TPSA) is 51.8 Å². The monoisotopic (exact) mass is 253 g/mol. The summed E-state index contributed by atoms with van der Waals surface area (Å²) in [6, 6.07) is 6.50. The fraction of sp³-hybridized carbons (Fsp3) is 0.375. The summed E-state index contributed by atoms with van der Waals surface area (Å²) < 4.78 is 0. The summed E-state index contributed by atoms with van der Waals surface area (Å²) in [6.45, 7) is 4.20. The van der Waals surface area contributed by atoms with Crippen LogP contribution < -0.4 is 5.73 Å². The van der Waals surface area contributed by atoms with E-state index in [-0.39, 0.29) is 6.04 Å². The molecular weight excluding hydrogens is 234 g/mol. The van der Waals surface area contributed by atoms with Gasteiger partial charge in [-0.05, 0) is 44.7 Å². The van der Waals surface area contributed by atoms with Gasteiger partial charge >= 0.3 is 0 Å². The van der Waals surface area contributed by atoms with Gasteiger partial charge in [0.05, 0.1) is 0 Å². The number of hydrogen-bond acceptors (Lipinski definition) is 3. The molecule has 0 fully saturated rings. The number of hydrogen-bond donors (Lipinski definition) is 1. The van der Waals surface area contributed by atoms with E-state index in [4.69, 9.17) is 10.7 Å². The Morgan fingerprint density at radius 2 is 2.11 bits per heavy atom. The molecule has 3 rings (SSSR count). The average Bonchev–Trinajstić information content (AvgIpc) is 2.41. The molecule has 19 heavy (non-hydrogen) atoms. The van der Waals surface area contributed by atoms with Crippen LogP contribution in [0, 0.1) is 13.8 Å². The zero-order chi connectivity index (χ0) is 13.4. The van der Waals surface area contributed by atoms with Crippen molar-refractivity contribution in [3.8, 4) is 11.4 Å². The SMILES string of the molecule is Cc1ccc(C)c(-c2ncc3c(n2)CCCC3N)c1. The molecule has 0 spiro atoms. The van der Waals surface area contributed by atoms with Crippen molar-refractivity contribution in [2.75, 3.05) is 0 Å². The van der Waals surface area contributed by atoms with Gasteiger partial charge in [-0.3, -0.25) is 0 Å². The average molecular weight is 253 g/mol. The second-order valence-electron chi connectivity index (χ2n) is 5.41. The Labute approximate surface area is 113 Å². The number of fused-ring (bicyclic) bond motifs is 1. The summed E-state index contributed by atoms with van der Waals surface area (Å²) in [5, 5.41) is 0. The molecule has 98 valence electrons. The quantitative estimate of drug-likeness (QED) is 0.849. The molecule has 0 saturated carbocycles. The normalized spacial score (nSPS) is 18.2. The smallest absolute Gasteiger partial charge is 0.159 e. The van der Waals surface area contributed by atoms with Gasteiger partial charge in [0, 0.05) is 29.1 Å². The van der Waals surface area contributed by atoms with Gasteiger partial charge in [0.25, 0.3) is 0 Å². The number of rotatable bonds is 1. The van der Waals surface area contributed by atoms with Crippen LogP contribution in [0.15, 0.2) is 24.4 Å². The molecule has 1 aliphatic carbocycles. The molecule has 0 amide bonds. The molecule has 1 heterocycles. The lowest BCUT2D eigenvalue weighted by Crippen LogP contribution is -2.19. The van der Waals surface area contributed by atoms with Crippen LogP contribution >= 0.6 is 0 Å². The molecule has 0 radical (unpaired) electrons. The molecule has 1 aromatic carbocycles. The van der Waals surface area contributed by atoms with E-state index in [1.165, 1.54) is 11.1 Å². The predicted molar refractivity (Wildman–Crippen MR) is 76.8 cm³/mol. The van der Waals surface area contributed by atoms with Crippen LogP contribution in [0.3, 0.4) is 0 Å². The highest BCUT2D eigenvalue weighted by Gasteiger charge is 2.19. The Kier molecular flexibility index (Phi) is 3.07. The van der Waals surface area contributed by atoms with Crippen LogP contribution in [0.1, 0.15) is 41.3 Å². The van der Waals surface area contributed by atoms with Crippen molar-refractivity contribution >= 4 is 0 Å². The minimum absolute atomic E-state index is 0.108. The Balaban J connectivity index is 2.09. The van der Waals surface area contributed by atoms with Gasteiger partial charge in [-0.25, -0.2) is 9.97 Å². The molecule has 3 nitrogen and oxygen atoms in total. The lowest BCUT2D eigenvalue weighted by atomic mass is 9.93. The van der Waals surface area contributed by atoms with Gasteiger partial charge in [0.1, 0.15) is 0 Å². The highest BCUT2D eigenvalue weighted by molar-refractivity contribution is 5.61. The third-order valence-electron chi connectivity index (χ3n) is 3.86. The van der Waals surface area contributed by atoms with Gasteiger partial charge in [-0.15, -0.1) is 0 Å². The molecule has 0 bridgehead atoms. The number of nitrogens with two attached hydrogens (primary N) is 1. The molecule has 1 atom stereocenters. The van der Waals surface area contributed by atoms with Crippen molar-refractivity contribution in [1.82, 2.24) is 9.97 Å². The van der Waals surface area contributed by atoms with Crippen molar-refractivity contribution in [3.05, 3.63) is 46.8 Å². The van der Waals surface area contributed by atoms with Gasteiger partial charge in [0.15, 0.2) is 5.82 Å². The highest BCUT2D eigenvalue weighted by Crippen LogP contribution is 2.28. The van der Waals surface area contributed by atoms with Gasteiger partial charge in [0.2, 0.25) is 0 Å². The summed E-state index contributed by atoms with van der Waals surface area (Å²) in [5.41, 5.74) is 11.9. The minimum Gasteiger partial charge on any atom is -0.324 e. The van der Waals surface area contributed by atoms with E-state index in [9.17, 15) is 0 Å². The molecule has 2 aromatic rings. The van der Waals surface area contributed by atoms with Crippen molar-refractivity contribution in [2.45, 2.75) is 39.2 Å². The number of aryl methyl sites for hydroxylation is 3. The zero-order valence-electron chi connectivity index (χ0n) is 11.5. The Bertz CT molecular complexity index is 619. The largest absolute Gasteiger partial charge is 0.324 e. The predicted octanol–water partition coefficient (Wildman–Crippen LogP) is 3.10. The molecule has 0 aliphatic heterocycles. The molecule has 1 aromatic heterocycles. The summed E-state index contributed by atoms with van der Waals surface area (Å²) in [6.07, 6.45) is 5.10. The molecule has 3 heteroatoms. The maximum absolute atomic E-state index is 6.11. The first-order valence-corrected chi connectivity index (χ1v) is 6.84. The van der Waals surface area contributed by atoms with Crippen LogP contribution in [0.4, 0.5) is 0 Å². The van der Waals surface area contributed by atoms with E-state index >= 15 is 0 Å². The fourth-order valence-electron chi connectivity index (χ4n) is 2.69. The first-order valence-electron chi connectivity index (χ1n) is 6.84. The molecule has 2 N–H and O–H groups in total. The third-order valence-corrected chi connectivity index (χ3v) is 3.86. The Morgan fingerprint density at radius 3 is 2.95 bits per heavy atom. The number of benzene rings is 1. The van der Waals surface area contributed by atoms with Crippen LogP contribution in [0.5, 0.6) is 0 Å². The van der Waals surface area contributed by atoms with Crippen molar-refractivity contribution in [3.63, 3.8) is 0 Å². The fourth-order valence-corrected chi connectivity index (χ4v) is 2.69. The van der Waals surface area contributed by atoms with E-state index in [2.05, 4.69) is 37.0 Å². The van der Waals surface area contributed by atoms with E-state index < -0.39 is 0 Å². The second-order valence-corrected chi connectivity index (χ2v) is 5.41. The van der Waals surface area contributed by atoms with Crippen LogP contribution in [0.2, 0.25) is 0 Å². The molecular formula is C16H19N3. The zero-order valence-corrected chi connectivity index (χ0v) is 11.5. The van der Waals surface area contributed by atoms with Crippen molar-refractivity contribution in [2.24, 2.45) is 5.73 Å². The first-order chi connectivity index (χ1) is 9.15. The first kappa shape index (κ1) is 12.3. The van der Waals surface area contributed by atoms with Gasteiger partial charge in [-0.2, -0.15) is 0 Å². The summed E-state index contributed by atoms with van der Waals surface area (Å²) in [5.74, 6) is 0.828. The van der Waals surface area contributed by atoms with Crippen LogP contribution in [0.25, 0.3) is 11.4 Å². The molecule has 0 saturated heterocycles. The van der Waals surface area contributed by atoms with Crippen LogP contribution in [-0.4, -0.2) is 9.97 Å². The third kappa shape index (κ3) is 2.26. The van der Waals surface area contributed by atoms with Gasteiger partial charge < -0.3 is 5.73 Å². The number of aromatic nitrogens is 2. The number of nitrogens with zero attached hydrogens (tertiary/aromatic N) is 2. The highest BCUT2D eigenvalue weighted by atomic mass is 14.9. The summed E-state index contributed by atoms with van der Waals surface area (Å²) in [7, 11) is 0. The lowest BCUT2D eigenvalue weighted by Gasteiger charge is -2.21. The van der Waals surface area contributed by atoms with Crippen molar-refractivity contribution < 1.29 is 0 Å². The summed E-state index contributed by atoms with van der Waals surface area (Å²) >= 11 is 0.